The highest BCUT2D eigenvalue weighted by Crippen LogP contribution is 2.32. The number of aliphatic hydroxyl groups is 1. The van der Waals surface area contributed by atoms with Crippen LogP contribution < -0.4 is 4.74 Å². The van der Waals surface area contributed by atoms with Crippen LogP contribution in [0.3, 0.4) is 0 Å². The highest BCUT2D eigenvalue weighted by molar-refractivity contribution is 5.85. The van der Waals surface area contributed by atoms with Gasteiger partial charge in [0.05, 0.1) is 6.10 Å². The van der Waals surface area contributed by atoms with E-state index in [4.69, 9.17) is 9.47 Å². The van der Waals surface area contributed by atoms with Crippen molar-refractivity contribution >= 4 is 18.4 Å². The van der Waals surface area contributed by atoms with Gasteiger partial charge in [-0.3, -0.25) is 0 Å². The summed E-state index contributed by atoms with van der Waals surface area (Å²) in [7, 11) is 0. The quantitative estimate of drug-likeness (QED) is 0.530. The number of ether oxygens (including phenoxy) is 2. The number of carbonyl (C=O) groups excluding carboxylic acids is 1. The van der Waals surface area contributed by atoms with Crippen molar-refractivity contribution in [2.75, 3.05) is 26.2 Å². The van der Waals surface area contributed by atoms with Crippen molar-refractivity contribution in [3.63, 3.8) is 0 Å². The van der Waals surface area contributed by atoms with Gasteiger partial charge in [-0.15, -0.1) is 12.4 Å². The van der Waals surface area contributed by atoms with Gasteiger partial charge in [-0.2, -0.15) is 0 Å². The van der Waals surface area contributed by atoms with E-state index < -0.39 is 11.6 Å². The van der Waals surface area contributed by atoms with E-state index in [-0.39, 0.29) is 25.1 Å². The number of likely N-dealkylation sites (N-methyl/N-ethyl adjacent to an activating group) is 1. The molecule has 0 aromatic heterocycles. The lowest BCUT2D eigenvalue weighted by atomic mass is 9.86. The van der Waals surface area contributed by atoms with Gasteiger partial charge in [0.15, 0.2) is 0 Å². The van der Waals surface area contributed by atoms with Crippen LogP contribution in [0.1, 0.15) is 45.2 Å². The number of halogens is 1. The second kappa shape index (κ2) is 12.6. The summed E-state index contributed by atoms with van der Waals surface area (Å²) < 4.78 is 11.3. The number of hydrogen-bond acceptors (Lipinski definition) is 5. The van der Waals surface area contributed by atoms with Gasteiger partial charge in [0.25, 0.3) is 0 Å². The standard InChI is InChI=1S/C24H33NO4.ClH/c1-5-19(4)29-22-15-13-21(14-16-22)24(27,20-11-9-8-10-12-20)23(26)28-18-17-25(6-2)7-3;/h8-16,19,27H,5-7,17-18H2,1-4H3;1H. The molecule has 0 saturated carbocycles. The molecule has 2 aromatic rings. The summed E-state index contributed by atoms with van der Waals surface area (Å²) in [6.45, 7) is 10.8. The first kappa shape index (κ1) is 26.0. The second-order valence-corrected chi connectivity index (χ2v) is 7.10. The SMILES string of the molecule is CCC(C)Oc1ccc(C(O)(C(=O)OCCN(CC)CC)c2ccccc2)cc1.Cl. The molecule has 0 heterocycles. The number of benzene rings is 2. The third-order valence-electron chi connectivity index (χ3n) is 5.21. The summed E-state index contributed by atoms with van der Waals surface area (Å²) in [5, 5.41) is 11.5. The third kappa shape index (κ3) is 6.46. The van der Waals surface area contributed by atoms with E-state index in [0.29, 0.717) is 23.4 Å². The topological polar surface area (TPSA) is 59.0 Å². The van der Waals surface area contributed by atoms with Crippen LogP contribution in [0.4, 0.5) is 0 Å². The van der Waals surface area contributed by atoms with Gasteiger partial charge in [-0.25, -0.2) is 4.79 Å². The molecule has 0 saturated heterocycles. The van der Waals surface area contributed by atoms with Crippen LogP contribution in [-0.2, 0) is 15.1 Å². The minimum Gasteiger partial charge on any atom is -0.491 e. The minimum atomic E-state index is -1.88. The van der Waals surface area contributed by atoms with E-state index in [1.54, 1.807) is 48.5 Å². The van der Waals surface area contributed by atoms with Crippen LogP contribution in [0, 0.1) is 0 Å². The fourth-order valence-corrected chi connectivity index (χ4v) is 3.08. The smallest absolute Gasteiger partial charge is 0.347 e. The Morgan fingerprint density at radius 2 is 1.57 bits per heavy atom. The molecule has 0 aliphatic rings. The van der Waals surface area contributed by atoms with Crippen molar-refractivity contribution in [3.05, 3.63) is 65.7 Å². The van der Waals surface area contributed by atoms with E-state index in [2.05, 4.69) is 25.7 Å². The molecule has 0 spiro atoms. The van der Waals surface area contributed by atoms with Crippen molar-refractivity contribution in [1.82, 2.24) is 4.90 Å². The first-order chi connectivity index (χ1) is 13.9. The minimum absolute atomic E-state index is 0. The van der Waals surface area contributed by atoms with Crippen LogP contribution in [-0.4, -0.2) is 48.3 Å². The van der Waals surface area contributed by atoms with E-state index in [9.17, 15) is 9.90 Å². The molecule has 2 unspecified atom stereocenters. The average Bonchev–Trinajstić information content (AvgIpc) is 2.77. The summed E-state index contributed by atoms with van der Waals surface area (Å²) in [6, 6.07) is 15.9. The van der Waals surface area contributed by atoms with Crippen molar-refractivity contribution in [2.45, 2.75) is 45.8 Å². The number of carbonyl (C=O) groups is 1. The largest absolute Gasteiger partial charge is 0.491 e. The normalized spacial score (nSPS) is 13.8. The predicted molar refractivity (Wildman–Crippen MR) is 122 cm³/mol. The average molecular weight is 436 g/mol. The summed E-state index contributed by atoms with van der Waals surface area (Å²) in [4.78, 5) is 15.2. The third-order valence-corrected chi connectivity index (χ3v) is 5.21. The summed E-state index contributed by atoms with van der Waals surface area (Å²) in [5.74, 6) is 0.0277. The van der Waals surface area contributed by atoms with Crippen molar-refractivity contribution in [1.29, 1.82) is 0 Å². The molecule has 0 bridgehead atoms. The van der Waals surface area contributed by atoms with E-state index in [1.807, 2.05) is 13.0 Å². The Kier molecular flexibility index (Phi) is 10.9. The fraction of sp³-hybridized carbons (Fsp3) is 0.458. The number of nitrogens with zero attached hydrogens (tertiary/aromatic N) is 1. The molecule has 0 amide bonds. The van der Waals surface area contributed by atoms with E-state index in [1.165, 1.54) is 0 Å². The highest BCUT2D eigenvalue weighted by Gasteiger charge is 2.41. The Balaban J connectivity index is 0.00000450. The zero-order valence-corrected chi connectivity index (χ0v) is 19.2. The molecule has 2 rings (SSSR count). The molecular formula is C24H34ClNO4. The maximum absolute atomic E-state index is 13.0. The molecule has 0 fully saturated rings. The van der Waals surface area contributed by atoms with Gasteiger partial charge in [0, 0.05) is 6.54 Å². The molecule has 0 aliphatic carbocycles. The Bertz CT molecular complexity index is 750. The van der Waals surface area contributed by atoms with Crippen molar-refractivity contribution in [2.24, 2.45) is 0 Å². The van der Waals surface area contributed by atoms with Crippen LogP contribution in [0.5, 0.6) is 5.75 Å². The lowest BCUT2D eigenvalue weighted by molar-refractivity contribution is -0.162. The van der Waals surface area contributed by atoms with E-state index >= 15 is 0 Å². The monoisotopic (exact) mass is 435 g/mol. The Hall–Kier alpha value is -2.08. The first-order valence-electron chi connectivity index (χ1n) is 10.4. The summed E-state index contributed by atoms with van der Waals surface area (Å²) in [5.41, 5.74) is -0.948. The molecule has 30 heavy (non-hydrogen) atoms. The fourth-order valence-electron chi connectivity index (χ4n) is 3.08. The van der Waals surface area contributed by atoms with Gasteiger partial charge >= 0.3 is 5.97 Å². The molecule has 2 atom stereocenters. The zero-order chi connectivity index (χ0) is 21.3. The highest BCUT2D eigenvalue weighted by atomic mass is 35.5. The molecule has 1 N–H and O–H groups in total. The molecule has 6 heteroatoms. The maximum atomic E-state index is 13.0. The second-order valence-electron chi connectivity index (χ2n) is 7.10. The van der Waals surface area contributed by atoms with Crippen LogP contribution in [0.25, 0.3) is 0 Å². The van der Waals surface area contributed by atoms with Crippen molar-refractivity contribution in [3.8, 4) is 5.75 Å². The number of hydrogen-bond donors (Lipinski definition) is 1. The maximum Gasteiger partial charge on any atom is 0.347 e. The first-order valence-corrected chi connectivity index (χ1v) is 10.4. The molecular weight excluding hydrogens is 402 g/mol. The number of esters is 1. The predicted octanol–water partition coefficient (Wildman–Crippen LogP) is 4.41. The molecule has 5 nitrogen and oxygen atoms in total. The summed E-state index contributed by atoms with van der Waals surface area (Å²) >= 11 is 0. The van der Waals surface area contributed by atoms with Gasteiger partial charge in [-0.1, -0.05) is 63.2 Å². The zero-order valence-electron chi connectivity index (χ0n) is 18.3. The van der Waals surface area contributed by atoms with Crippen LogP contribution in [0.15, 0.2) is 54.6 Å². The Morgan fingerprint density at radius 1 is 1.00 bits per heavy atom. The lowest BCUT2D eigenvalue weighted by Crippen LogP contribution is -2.40. The van der Waals surface area contributed by atoms with Gasteiger partial charge in [-0.05, 0) is 49.7 Å². The Morgan fingerprint density at radius 3 is 2.10 bits per heavy atom. The molecule has 0 aliphatic heterocycles. The lowest BCUT2D eigenvalue weighted by Gasteiger charge is -2.28. The molecule has 2 aromatic carbocycles. The summed E-state index contributed by atoms with van der Waals surface area (Å²) in [6.07, 6.45) is 0.994. The van der Waals surface area contributed by atoms with Gasteiger partial charge in [0.1, 0.15) is 12.4 Å². The van der Waals surface area contributed by atoms with Gasteiger partial charge < -0.3 is 19.5 Å². The molecule has 0 radical (unpaired) electrons. The van der Waals surface area contributed by atoms with Gasteiger partial charge in [0.2, 0.25) is 5.60 Å². The van der Waals surface area contributed by atoms with Crippen molar-refractivity contribution < 1.29 is 19.4 Å². The molecule has 166 valence electrons. The Labute approximate surface area is 186 Å². The van der Waals surface area contributed by atoms with Crippen LogP contribution >= 0.6 is 12.4 Å². The van der Waals surface area contributed by atoms with E-state index in [0.717, 1.165) is 19.5 Å². The van der Waals surface area contributed by atoms with Crippen LogP contribution in [0.2, 0.25) is 0 Å². The number of rotatable bonds is 11.